The predicted octanol–water partition coefficient (Wildman–Crippen LogP) is 3.26. The molecule has 6 nitrogen and oxygen atoms in total. The van der Waals surface area contributed by atoms with Crippen molar-refractivity contribution in [2.24, 2.45) is 0 Å². The Morgan fingerprint density at radius 3 is 2.40 bits per heavy atom. The monoisotopic (exact) mass is 341 g/mol. The molecular formula is C19H23N3O3. The SMILES string of the molecule is CCOc1ccccc1NC(=O)c1cccc(C(=O)NC(C)CC)n1. The average Bonchev–Trinajstić information content (AvgIpc) is 2.63. The molecular weight excluding hydrogens is 318 g/mol. The van der Waals surface area contributed by atoms with Gasteiger partial charge in [0.1, 0.15) is 17.1 Å². The molecule has 0 bridgehead atoms. The van der Waals surface area contributed by atoms with E-state index in [1.807, 2.05) is 32.9 Å². The summed E-state index contributed by atoms with van der Waals surface area (Å²) >= 11 is 0. The lowest BCUT2D eigenvalue weighted by molar-refractivity contribution is 0.0934. The van der Waals surface area contributed by atoms with Gasteiger partial charge in [-0.25, -0.2) is 4.98 Å². The van der Waals surface area contributed by atoms with Crippen LogP contribution in [-0.4, -0.2) is 29.4 Å². The molecule has 1 atom stereocenters. The van der Waals surface area contributed by atoms with Gasteiger partial charge in [-0.15, -0.1) is 0 Å². The molecule has 0 fully saturated rings. The maximum absolute atomic E-state index is 12.5. The molecule has 0 aliphatic rings. The van der Waals surface area contributed by atoms with Gasteiger partial charge in [-0.1, -0.05) is 25.1 Å². The third-order valence-electron chi connectivity index (χ3n) is 3.64. The molecule has 1 aromatic heterocycles. The number of hydrogen-bond acceptors (Lipinski definition) is 4. The van der Waals surface area contributed by atoms with E-state index < -0.39 is 5.91 Å². The predicted molar refractivity (Wildman–Crippen MR) is 97.0 cm³/mol. The van der Waals surface area contributed by atoms with Crippen LogP contribution >= 0.6 is 0 Å². The van der Waals surface area contributed by atoms with Crippen LogP contribution in [-0.2, 0) is 0 Å². The molecule has 2 N–H and O–H groups in total. The van der Waals surface area contributed by atoms with Crippen molar-refractivity contribution in [1.82, 2.24) is 10.3 Å². The number of nitrogens with zero attached hydrogens (tertiary/aromatic N) is 1. The molecule has 1 unspecified atom stereocenters. The number of benzene rings is 1. The second-order valence-corrected chi connectivity index (χ2v) is 5.57. The number of nitrogens with one attached hydrogen (secondary N) is 2. The fourth-order valence-corrected chi connectivity index (χ4v) is 2.13. The van der Waals surface area contributed by atoms with Gasteiger partial charge < -0.3 is 15.4 Å². The standard InChI is InChI=1S/C19H23N3O3/c1-4-13(3)20-18(23)15-10-8-11-16(21-15)19(24)22-14-9-6-7-12-17(14)25-5-2/h6-13H,4-5H2,1-3H3,(H,20,23)(H,22,24). The summed E-state index contributed by atoms with van der Waals surface area (Å²) in [6, 6.07) is 12.0. The third-order valence-corrected chi connectivity index (χ3v) is 3.64. The zero-order chi connectivity index (χ0) is 18.2. The summed E-state index contributed by atoms with van der Waals surface area (Å²) in [7, 11) is 0. The van der Waals surface area contributed by atoms with Crippen LogP contribution in [0.15, 0.2) is 42.5 Å². The van der Waals surface area contributed by atoms with E-state index in [4.69, 9.17) is 4.74 Å². The first-order valence-electron chi connectivity index (χ1n) is 8.36. The molecule has 0 aliphatic carbocycles. The van der Waals surface area contributed by atoms with Crippen LogP contribution in [0.4, 0.5) is 5.69 Å². The molecule has 0 aliphatic heterocycles. The van der Waals surface area contributed by atoms with E-state index in [1.165, 1.54) is 0 Å². The number of carbonyl (C=O) groups excluding carboxylic acids is 2. The van der Waals surface area contributed by atoms with Crippen LogP contribution in [0.5, 0.6) is 5.75 Å². The van der Waals surface area contributed by atoms with E-state index in [2.05, 4.69) is 15.6 Å². The summed E-state index contributed by atoms with van der Waals surface area (Å²) in [5.41, 5.74) is 0.944. The Morgan fingerprint density at radius 1 is 1.04 bits per heavy atom. The molecule has 2 rings (SSSR count). The Kier molecular flexibility index (Phi) is 6.51. The highest BCUT2D eigenvalue weighted by Crippen LogP contribution is 2.24. The summed E-state index contributed by atoms with van der Waals surface area (Å²) < 4.78 is 5.49. The number of para-hydroxylation sites is 2. The zero-order valence-corrected chi connectivity index (χ0v) is 14.7. The fourth-order valence-electron chi connectivity index (χ4n) is 2.13. The van der Waals surface area contributed by atoms with Gasteiger partial charge in [0.15, 0.2) is 0 Å². The molecule has 0 saturated heterocycles. The van der Waals surface area contributed by atoms with Crippen molar-refractivity contribution in [2.75, 3.05) is 11.9 Å². The first-order chi connectivity index (χ1) is 12.0. The van der Waals surface area contributed by atoms with E-state index in [-0.39, 0.29) is 23.3 Å². The Hall–Kier alpha value is -2.89. The third kappa shape index (κ3) is 5.04. The minimum Gasteiger partial charge on any atom is -0.492 e. The van der Waals surface area contributed by atoms with Crippen molar-refractivity contribution in [3.63, 3.8) is 0 Å². The van der Waals surface area contributed by atoms with Gasteiger partial charge >= 0.3 is 0 Å². The summed E-state index contributed by atoms with van der Waals surface area (Å²) in [6.07, 6.45) is 0.820. The molecule has 1 aromatic carbocycles. The fraction of sp³-hybridized carbons (Fsp3) is 0.316. The Labute approximate surface area is 147 Å². The second-order valence-electron chi connectivity index (χ2n) is 5.57. The normalized spacial score (nSPS) is 11.5. The minimum absolute atomic E-state index is 0.0462. The Balaban J connectivity index is 2.15. The Bertz CT molecular complexity index is 746. The smallest absolute Gasteiger partial charge is 0.274 e. The molecule has 0 spiro atoms. The number of rotatable bonds is 7. The maximum atomic E-state index is 12.5. The van der Waals surface area contributed by atoms with Gasteiger partial charge in [-0.2, -0.15) is 0 Å². The van der Waals surface area contributed by atoms with Gasteiger partial charge in [-0.3, -0.25) is 9.59 Å². The van der Waals surface area contributed by atoms with Crippen LogP contribution in [0.25, 0.3) is 0 Å². The van der Waals surface area contributed by atoms with Gasteiger partial charge in [0.05, 0.1) is 12.3 Å². The summed E-state index contributed by atoms with van der Waals surface area (Å²) in [6.45, 7) is 6.27. The molecule has 2 amide bonds. The van der Waals surface area contributed by atoms with Crippen molar-refractivity contribution >= 4 is 17.5 Å². The number of pyridine rings is 1. The van der Waals surface area contributed by atoms with Gasteiger partial charge in [0.2, 0.25) is 0 Å². The van der Waals surface area contributed by atoms with Gasteiger partial charge in [0.25, 0.3) is 11.8 Å². The van der Waals surface area contributed by atoms with Crippen molar-refractivity contribution in [1.29, 1.82) is 0 Å². The van der Waals surface area contributed by atoms with Crippen molar-refractivity contribution in [3.05, 3.63) is 53.9 Å². The molecule has 1 heterocycles. The van der Waals surface area contributed by atoms with E-state index in [1.54, 1.807) is 30.3 Å². The number of anilines is 1. The molecule has 0 radical (unpaired) electrons. The first kappa shape index (κ1) is 18.4. The largest absolute Gasteiger partial charge is 0.492 e. The maximum Gasteiger partial charge on any atom is 0.274 e. The summed E-state index contributed by atoms with van der Waals surface area (Å²) in [5, 5.41) is 5.61. The first-order valence-corrected chi connectivity index (χ1v) is 8.36. The Morgan fingerprint density at radius 2 is 1.72 bits per heavy atom. The topological polar surface area (TPSA) is 80.3 Å². The quantitative estimate of drug-likeness (QED) is 0.810. The number of hydrogen-bond donors (Lipinski definition) is 2. The van der Waals surface area contributed by atoms with Crippen LogP contribution < -0.4 is 15.4 Å². The highest BCUT2D eigenvalue weighted by molar-refractivity contribution is 6.04. The molecule has 25 heavy (non-hydrogen) atoms. The molecule has 0 saturated carbocycles. The minimum atomic E-state index is -0.398. The summed E-state index contributed by atoms with van der Waals surface area (Å²) in [5.74, 6) is -0.104. The van der Waals surface area contributed by atoms with Crippen LogP contribution in [0.3, 0.4) is 0 Å². The molecule has 2 aromatic rings. The zero-order valence-electron chi connectivity index (χ0n) is 14.7. The van der Waals surface area contributed by atoms with E-state index in [0.29, 0.717) is 18.0 Å². The average molecular weight is 341 g/mol. The van der Waals surface area contributed by atoms with Crippen molar-refractivity contribution < 1.29 is 14.3 Å². The van der Waals surface area contributed by atoms with Gasteiger partial charge in [0, 0.05) is 6.04 Å². The number of ether oxygens (including phenoxy) is 1. The number of aromatic nitrogens is 1. The second kappa shape index (κ2) is 8.82. The number of carbonyl (C=O) groups is 2. The lowest BCUT2D eigenvalue weighted by atomic mass is 10.2. The van der Waals surface area contributed by atoms with Crippen molar-refractivity contribution in [2.45, 2.75) is 33.2 Å². The van der Waals surface area contributed by atoms with E-state index in [0.717, 1.165) is 6.42 Å². The van der Waals surface area contributed by atoms with Crippen LogP contribution in [0.2, 0.25) is 0 Å². The van der Waals surface area contributed by atoms with Crippen LogP contribution in [0, 0.1) is 0 Å². The van der Waals surface area contributed by atoms with Gasteiger partial charge in [-0.05, 0) is 44.5 Å². The highest BCUT2D eigenvalue weighted by Gasteiger charge is 2.15. The van der Waals surface area contributed by atoms with E-state index in [9.17, 15) is 9.59 Å². The lowest BCUT2D eigenvalue weighted by Crippen LogP contribution is -2.32. The van der Waals surface area contributed by atoms with Crippen molar-refractivity contribution in [3.8, 4) is 5.75 Å². The highest BCUT2D eigenvalue weighted by atomic mass is 16.5. The number of amides is 2. The molecule has 132 valence electrons. The van der Waals surface area contributed by atoms with Crippen LogP contribution in [0.1, 0.15) is 48.2 Å². The lowest BCUT2D eigenvalue weighted by Gasteiger charge is -2.12. The summed E-state index contributed by atoms with van der Waals surface area (Å²) in [4.78, 5) is 28.8. The molecule has 6 heteroatoms. The van der Waals surface area contributed by atoms with E-state index >= 15 is 0 Å².